The molecule has 4 aromatic rings. The van der Waals surface area contributed by atoms with Gasteiger partial charge in [0, 0.05) is 22.9 Å². The van der Waals surface area contributed by atoms with Crippen LogP contribution in [0.15, 0.2) is 67.0 Å². The average molecular weight is 544 g/mol. The maximum Gasteiger partial charge on any atom is 0.344 e. The molecule has 4 atom stereocenters. The minimum absolute atomic E-state index is 0.0179. The third kappa shape index (κ3) is 4.41. The number of aliphatic hydroxyl groups excluding tert-OH is 3. The van der Waals surface area contributed by atoms with E-state index in [1.165, 1.54) is 24.3 Å². The van der Waals surface area contributed by atoms with Crippen LogP contribution in [-0.4, -0.2) is 67.1 Å². The number of ether oxygens (including phenoxy) is 1. The number of benzene rings is 2. The molecule has 39 heavy (non-hydrogen) atoms. The Morgan fingerprint density at radius 1 is 0.923 bits per heavy atom. The van der Waals surface area contributed by atoms with Crippen LogP contribution in [0.3, 0.4) is 0 Å². The molecular formula is C26H24O13. The number of aromatic hydroxyl groups is 1. The number of hydrogen-bond donors (Lipinski definition) is 7. The molecule has 0 fully saturated rings. The first-order valence-corrected chi connectivity index (χ1v) is 11.5. The van der Waals surface area contributed by atoms with E-state index in [0.717, 1.165) is 24.3 Å². The van der Waals surface area contributed by atoms with Gasteiger partial charge in [-0.1, -0.05) is 0 Å². The Labute approximate surface area is 218 Å². The predicted molar refractivity (Wildman–Crippen MR) is 132 cm³/mol. The van der Waals surface area contributed by atoms with E-state index in [9.17, 15) is 50.1 Å². The topological polar surface area (TPSA) is 228 Å². The lowest BCUT2D eigenvalue weighted by atomic mass is 9.69. The Kier molecular flexibility index (Phi) is 7.21. The van der Waals surface area contributed by atoms with Crippen molar-refractivity contribution in [2.75, 3.05) is 13.2 Å². The first-order valence-electron chi connectivity index (χ1n) is 11.5. The summed E-state index contributed by atoms with van der Waals surface area (Å²) < 4.78 is 15.6. The number of aliphatic hydroxyl groups is 5. The van der Waals surface area contributed by atoms with Crippen LogP contribution < -0.4 is 16.0 Å². The highest BCUT2D eigenvalue weighted by molar-refractivity contribution is 5.86. The van der Waals surface area contributed by atoms with E-state index in [1.54, 1.807) is 6.92 Å². The third-order valence-corrected chi connectivity index (χ3v) is 6.38. The minimum atomic E-state index is -3.87. The van der Waals surface area contributed by atoms with E-state index in [2.05, 4.69) is 0 Å². The summed E-state index contributed by atoms with van der Waals surface area (Å²) in [6.45, 7) is 0.760. The van der Waals surface area contributed by atoms with Crippen molar-refractivity contribution in [2.45, 2.75) is 30.3 Å². The molecule has 0 saturated heterocycles. The fraction of sp³-hybridized carbons (Fsp3) is 0.269. The van der Waals surface area contributed by atoms with Gasteiger partial charge in [0.2, 0.25) is 5.60 Å². The molecule has 13 heteroatoms. The van der Waals surface area contributed by atoms with Crippen LogP contribution in [0.5, 0.6) is 11.5 Å². The number of fused-ring (bicyclic) bond motifs is 2. The van der Waals surface area contributed by atoms with Gasteiger partial charge in [-0.05, 0) is 43.3 Å². The highest BCUT2D eigenvalue weighted by Gasteiger charge is 2.65. The SMILES string of the molecule is CCOc1ccc2cc(C(O)(C(O)C(O)CO)C(O)(C(=O)O)c3cc4ccc(O)cc4oc3=O)c(=O)oc2c1. The number of hydrogen-bond acceptors (Lipinski definition) is 12. The van der Waals surface area contributed by atoms with Crippen molar-refractivity contribution < 1.29 is 54.1 Å². The zero-order valence-electron chi connectivity index (χ0n) is 20.3. The normalized spacial score (nSPS) is 16.4. The van der Waals surface area contributed by atoms with Gasteiger partial charge in [-0.15, -0.1) is 0 Å². The molecule has 0 amide bonds. The van der Waals surface area contributed by atoms with Crippen LogP contribution >= 0.6 is 0 Å². The number of aliphatic carboxylic acids is 1. The van der Waals surface area contributed by atoms with E-state index in [1.807, 2.05) is 0 Å². The highest BCUT2D eigenvalue weighted by atomic mass is 16.5. The Bertz CT molecular complexity index is 1670. The Hall–Kier alpha value is -4.27. The molecule has 7 N–H and O–H groups in total. The Morgan fingerprint density at radius 3 is 2.08 bits per heavy atom. The average Bonchev–Trinajstić information content (AvgIpc) is 2.90. The number of rotatable bonds is 9. The van der Waals surface area contributed by atoms with Crippen molar-refractivity contribution in [1.29, 1.82) is 0 Å². The van der Waals surface area contributed by atoms with Gasteiger partial charge in [0.1, 0.15) is 34.9 Å². The molecule has 2 aromatic heterocycles. The molecule has 0 spiro atoms. The van der Waals surface area contributed by atoms with Crippen molar-refractivity contribution in [3.8, 4) is 11.5 Å². The Morgan fingerprint density at radius 2 is 1.49 bits per heavy atom. The standard InChI is InChI=1S/C26H24O13/c1-2-37-15-6-4-13-7-16(22(31)39-20(13)10-15)25(35,21(30)18(29)11-27)26(36,24(33)34)17-8-12-3-5-14(28)9-19(12)38-23(17)32/h3-10,18,21,27-30,35-36H,2,11H2,1H3,(H,33,34). The smallest absolute Gasteiger partial charge is 0.344 e. The van der Waals surface area contributed by atoms with Crippen LogP contribution in [-0.2, 0) is 16.0 Å². The summed E-state index contributed by atoms with van der Waals surface area (Å²) in [5.74, 6) is -2.31. The monoisotopic (exact) mass is 544 g/mol. The lowest BCUT2D eigenvalue weighted by Crippen LogP contribution is -2.66. The number of carboxylic acids is 1. The lowest BCUT2D eigenvalue weighted by Gasteiger charge is -2.43. The number of phenols is 1. The number of carbonyl (C=O) groups is 1. The van der Waals surface area contributed by atoms with Crippen molar-refractivity contribution in [2.24, 2.45) is 0 Å². The van der Waals surface area contributed by atoms with Crippen LogP contribution in [0, 0.1) is 0 Å². The van der Waals surface area contributed by atoms with E-state index in [0.29, 0.717) is 12.4 Å². The molecule has 4 rings (SSSR count). The summed E-state index contributed by atoms with van der Waals surface area (Å²) in [6.07, 6.45) is -5.10. The van der Waals surface area contributed by atoms with Gasteiger partial charge in [-0.25, -0.2) is 14.4 Å². The van der Waals surface area contributed by atoms with E-state index < -0.39 is 58.4 Å². The highest BCUT2D eigenvalue weighted by Crippen LogP contribution is 2.44. The van der Waals surface area contributed by atoms with Crippen LogP contribution in [0.25, 0.3) is 21.9 Å². The fourth-order valence-electron chi connectivity index (χ4n) is 4.40. The zero-order valence-corrected chi connectivity index (χ0v) is 20.3. The minimum Gasteiger partial charge on any atom is -0.508 e. The van der Waals surface area contributed by atoms with Crippen LogP contribution in [0.4, 0.5) is 0 Å². The lowest BCUT2D eigenvalue weighted by molar-refractivity contribution is -0.245. The maximum atomic E-state index is 13.1. The van der Waals surface area contributed by atoms with Crippen molar-refractivity contribution in [1.82, 2.24) is 0 Å². The second kappa shape index (κ2) is 10.1. The molecule has 4 unspecified atom stereocenters. The van der Waals surface area contributed by atoms with Gasteiger partial charge in [-0.2, -0.15) is 0 Å². The van der Waals surface area contributed by atoms with Gasteiger partial charge in [0.15, 0.2) is 5.60 Å². The summed E-state index contributed by atoms with van der Waals surface area (Å²) in [5.41, 5.74) is -13.0. The van der Waals surface area contributed by atoms with E-state index in [4.69, 9.17) is 13.6 Å². The first kappa shape index (κ1) is 27.8. The summed E-state index contributed by atoms with van der Waals surface area (Å²) in [7, 11) is 0. The first-order chi connectivity index (χ1) is 18.4. The molecule has 206 valence electrons. The number of phenolic OH excluding ortho intramolecular Hbond substituents is 1. The molecule has 13 nitrogen and oxygen atoms in total. The van der Waals surface area contributed by atoms with Gasteiger partial charge >= 0.3 is 17.2 Å². The fourth-order valence-corrected chi connectivity index (χ4v) is 4.40. The van der Waals surface area contributed by atoms with Crippen molar-refractivity contribution >= 4 is 27.9 Å². The molecule has 0 radical (unpaired) electrons. The van der Waals surface area contributed by atoms with Crippen LogP contribution in [0.2, 0.25) is 0 Å². The van der Waals surface area contributed by atoms with Crippen LogP contribution in [0.1, 0.15) is 18.1 Å². The molecule has 2 aromatic carbocycles. The van der Waals surface area contributed by atoms with E-state index in [-0.39, 0.29) is 27.7 Å². The summed E-state index contributed by atoms with van der Waals surface area (Å²) in [5, 5.41) is 74.1. The molecule has 0 aliphatic carbocycles. The molecule has 0 aliphatic heterocycles. The maximum absolute atomic E-state index is 13.1. The third-order valence-electron chi connectivity index (χ3n) is 6.38. The van der Waals surface area contributed by atoms with Gasteiger partial charge < -0.3 is 49.3 Å². The van der Waals surface area contributed by atoms with Gasteiger partial charge in [-0.3, -0.25) is 0 Å². The molecule has 0 aliphatic rings. The zero-order chi connectivity index (χ0) is 28.7. The molecule has 0 bridgehead atoms. The second-order valence-electron chi connectivity index (χ2n) is 8.73. The molecular weight excluding hydrogens is 520 g/mol. The van der Waals surface area contributed by atoms with Crippen molar-refractivity contribution in [3.05, 3.63) is 80.5 Å². The largest absolute Gasteiger partial charge is 0.508 e. The number of carboxylic acid groups (broad SMARTS) is 1. The Balaban J connectivity index is 2.08. The quantitative estimate of drug-likeness (QED) is 0.136. The van der Waals surface area contributed by atoms with E-state index >= 15 is 0 Å². The summed E-state index contributed by atoms with van der Waals surface area (Å²) in [4.78, 5) is 38.7. The summed E-state index contributed by atoms with van der Waals surface area (Å²) >= 11 is 0. The molecule has 2 heterocycles. The summed E-state index contributed by atoms with van der Waals surface area (Å²) in [6, 6.07) is 9.29. The second-order valence-corrected chi connectivity index (χ2v) is 8.73. The van der Waals surface area contributed by atoms with Crippen molar-refractivity contribution in [3.63, 3.8) is 0 Å². The van der Waals surface area contributed by atoms with Gasteiger partial charge in [0.25, 0.3) is 0 Å². The predicted octanol–water partition coefficient (Wildman–Crippen LogP) is -0.122. The van der Waals surface area contributed by atoms with Gasteiger partial charge in [0.05, 0.1) is 24.3 Å². The molecule has 0 saturated carbocycles.